The lowest BCUT2D eigenvalue weighted by atomic mass is 9.97. The van der Waals surface area contributed by atoms with Gasteiger partial charge in [0.2, 0.25) is 15.9 Å². The van der Waals surface area contributed by atoms with E-state index in [4.69, 9.17) is 4.74 Å². The molecular formula is C13H24N2O4S. The maximum absolute atomic E-state index is 11.9. The molecule has 0 bridgehead atoms. The summed E-state index contributed by atoms with van der Waals surface area (Å²) < 4.78 is 29.4. The SMILES string of the molecule is C=C(C)COCCNC(=O)C1CCN(S(C)(=O)=O)CC1. The number of piperidine rings is 1. The van der Waals surface area contributed by atoms with Gasteiger partial charge in [-0.1, -0.05) is 12.2 Å². The van der Waals surface area contributed by atoms with E-state index >= 15 is 0 Å². The normalized spacial score (nSPS) is 17.9. The summed E-state index contributed by atoms with van der Waals surface area (Å²) in [5, 5.41) is 2.82. The minimum absolute atomic E-state index is 0.0166. The average molecular weight is 304 g/mol. The van der Waals surface area contributed by atoms with Gasteiger partial charge >= 0.3 is 0 Å². The minimum Gasteiger partial charge on any atom is -0.375 e. The first-order valence-electron chi connectivity index (χ1n) is 6.75. The second-order valence-corrected chi connectivity index (χ2v) is 7.22. The van der Waals surface area contributed by atoms with E-state index in [1.54, 1.807) is 0 Å². The van der Waals surface area contributed by atoms with Crippen molar-refractivity contribution in [3.8, 4) is 0 Å². The third-order valence-electron chi connectivity index (χ3n) is 3.19. The third-order valence-corrected chi connectivity index (χ3v) is 4.49. The van der Waals surface area contributed by atoms with Crippen LogP contribution in [0.15, 0.2) is 12.2 Å². The summed E-state index contributed by atoms with van der Waals surface area (Å²) in [6.45, 7) is 7.88. The molecule has 7 heteroatoms. The molecule has 0 aliphatic carbocycles. The van der Waals surface area contributed by atoms with Gasteiger partial charge in [-0.2, -0.15) is 0 Å². The molecule has 1 heterocycles. The first-order chi connectivity index (χ1) is 9.30. The standard InChI is InChI=1S/C13H24N2O4S/c1-11(2)10-19-9-6-14-13(16)12-4-7-15(8-5-12)20(3,17)18/h12H,1,4-10H2,2-3H3,(H,14,16). The van der Waals surface area contributed by atoms with Gasteiger partial charge in [0.25, 0.3) is 0 Å². The zero-order valence-electron chi connectivity index (χ0n) is 12.2. The molecule has 116 valence electrons. The van der Waals surface area contributed by atoms with Crippen LogP contribution >= 0.6 is 0 Å². The summed E-state index contributed by atoms with van der Waals surface area (Å²) in [4.78, 5) is 11.9. The molecule has 0 aromatic rings. The van der Waals surface area contributed by atoms with Gasteiger partial charge in [0.15, 0.2) is 0 Å². The molecule has 1 fully saturated rings. The van der Waals surface area contributed by atoms with Crippen LogP contribution in [0.4, 0.5) is 0 Å². The molecule has 1 aliphatic heterocycles. The number of carbonyl (C=O) groups excluding carboxylic acids is 1. The van der Waals surface area contributed by atoms with Gasteiger partial charge in [0.1, 0.15) is 0 Å². The highest BCUT2D eigenvalue weighted by Gasteiger charge is 2.28. The molecule has 0 aromatic carbocycles. The van der Waals surface area contributed by atoms with Gasteiger partial charge in [-0.05, 0) is 19.8 Å². The molecule has 1 rings (SSSR count). The second-order valence-electron chi connectivity index (χ2n) is 5.24. The lowest BCUT2D eigenvalue weighted by Crippen LogP contribution is -2.43. The molecule has 0 unspecified atom stereocenters. The fourth-order valence-corrected chi connectivity index (χ4v) is 2.96. The molecule has 20 heavy (non-hydrogen) atoms. The molecule has 0 radical (unpaired) electrons. The van der Waals surface area contributed by atoms with Crippen LogP contribution in [0.25, 0.3) is 0 Å². The van der Waals surface area contributed by atoms with Crippen LogP contribution in [0, 0.1) is 5.92 Å². The summed E-state index contributed by atoms with van der Waals surface area (Å²) in [7, 11) is -3.13. The van der Waals surface area contributed by atoms with Crippen molar-refractivity contribution in [3.05, 3.63) is 12.2 Å². The molecule has 6 nitrogen and oxygen atoms in total. The van der Waals surface area contributed by atoms with E-state index in [9.17, 15) is 13.2 Å². The molecular weight excluding hydrogens is 280 g/mol. The largest absolute Gasteiger partial charge is 0.375 e. The highest BCUT2D eigenvalue weighted by molar-refractivity contribution is 7.88. The zero-order valence-corrected chi connectivity index (χ0v) is 13.0. The Morgan fingerprint density at radius 2 is 2.00 bits per heavy atom. The van der Waals surface area contributed by atoms with Gasteiger partial charge in [-0.25, -0.2) is 12.7 Å². The molecule has 1 aliphatic rings. The number of sulfonamides is 1. The predicted molar refractivity (Wildman–Crippen MR) is 77.8 cm³/mol. The fourth-order valence-electron chi connectivity index (χ4n) is 2.09. The number of amides is 1. The number of nitrogens with one attached hydrogen (secondary N) is 1. The first kappa shape index (κ1) is 17.1. The molecule has 0 saturated carbocycles. The first-order valence-corrected chi connectivity index (χ1v) is 8.60. The maximum Gasteiger partial charge on any atom is 0.223 e. The second kappa shape index (κ2) is 7.75. The number of ether oxygens (including phenoxy) is 1. The summed E-state index contributed by atoms with van der Waals surface area (Å²) in [6.07, 6.45) is 2.35. The average Bonchev–Trinajstić information content (AvgIpc) is 2.37. The van der Waals surface area contributed by atoms with Crippen LogP contribution in [0.3, 0.4) is 0 Å². The molecule has 0 aromatic heterocycles. The van der Waals surface area contributed by atoms with E-state index in [1.807, 2.05) is 6.92 Å². The Bertz CT molecular complexity index is 439. The van der Waals surface area contributed by atoms with Crippen molar-refractivity contribution in [2.45, 2.75) is 19.8 Å². The van der Waals surface area contributed by atoms with Crippen LogP contribution in [0.2, 0.25) is 0 Å². The Morgan fingerprint density at radius 3 is 2.50 bits per heavy atom. The summed E-state index contributed by atoms with van der Waals surface area (Å²) in [5.41, 5.74) is 0.949. The van der Waals surface area contributed by atoms with Crippen LogP contribution in [-0.2, 0) is 19.6 Å². The third kappa shape index (κ3) is 6.02. The van der Waals surface area contributed by atoms with E-state index in [0.29, 0.717) is 45.7 Å². The van der Waals surface area contributed by atoms with Crippen molar-refractivity contribution in [1.29, 1.82) is 0 Å². The van der Waals surface area contributed by atoms with Crippen LogP contribution < -0.4 is 5.32 Å². The smallest absolute Gasteiger partial charge is 0.223 e. The van der Waals surface area contributed by atoms with E-state index in [1.165, 1.54) is 10.6 Å². The predicted octanol–water partition coefficient (Wildman–Crippen LogP) is 0.367. The lowest BCUT2D eigenvalue weighted by Gasteiger charge is -2.29. The number of nitrogens with zero attached hydrogens (tertiary/aromatic N) is 1. The Labute approximate surface area is 121 Å². The fraction of sp³-hybridized carbons (Fsp3) is 0.769. The monoisotopic (exact) mass is 304 g/mol. The quantitative estimate of drug-likeness (QED) is 0.544. The van der Waals surface area contributed by atoms with E-state index < -0.39 is 10.0 Å². The van der Waals surface area contributed by atoms with Crippen molar-refractivity contribution >= 4 is 15.9 Å². The van der Waals surface area contributed by atoms with Crippen molar-refractivity contribution in [2.75, 3.05) is 39.1 Å². The molecule has 0 atom stereocenters. The highest BCUT2D eigenvalue weighted by atomic mass is 32.2. The molecule has 1 saturated heterocycles. The number of hydrogen-bond donors (Lipinski definition) is 1. The van der Waals surface area contributed by atoms with Gasteiger partial charge in [-0.15, -0.1) is 0 Å². The Hall–Kier alpha value is -0.920. The van der Waals surface area contributed by atoms with Crippen molar-refractivity contribution in [3.63, 3.8) is 0 Å². The van der Waals surface area contributed by atoms with Gasteiger partial charge in [0.05, 0.1) is 19.5 Å². The van der Waals surface area contributed by atoms with Crippen molar-refractivity contribution in [2.24, 2.45) is 5.92 Å². The van der Waals surface area contributed by atoms with Gasteiger partial charge in [-0.3, -0.25) is 4.79 Å². The summed E-state index contributed by atoms with van der Waals surface area (Å²) in [6, 6.07) is 0. The lowest BCUT2D eigenvalue weighted by molar-refractivity contribution is -0.126. The number of rotatable bonds is 7. The Balaban J connectivity index is 2.21. The number of carbonyl (C=O) groups is 1. The number of hydrogen-bond acceptors (Lipinski definition) is 4. The van der Waals surface area contributed by atoms with E-state index in [-0.39, 0.29) is 11.8 Å². The van der Waals surface area contributed by atoms with Crippen LogP contribution in [0.5, 0.6) is 0 Å². The van der Waals surface area contributed by atoms with E-state index in [2.05, 4.69) is 11.9 Å². The van der Waals surface area contributed by atoms with Crippen LogP contribution in [0.1, 0.15) is 19.8 Å². The molecule has 0 spiro atoms. The van der Waals surface area contributed by atoms with E-state index in [0.717, 1.165) is 5.57 Å². The zero-order chi connectivity index (χ0) is 15.2. The topological polar surface area (TPSA) is 75.7 Å². The maximum atomic E-state index is 11.9. The minimum atomic E-state index is -3.13. The van der Waals surface area contributed by atoms with Crippen molar-refractivity contribution < 1.29 is 17.9 Å². The Morgan fingerprint density at radius 1 is 1.40 bits per heavy atom. The van der Waals surface area contributed by atoms with Gasteiger partial charge in [0, 0.05) is 25.6 Å². The van der Waals surface area contributed by atoms with Crippen molar-refractivity contribution in [1.82, 2.24) is 9.62 Å². The Kier molecular flexibility index (Phi) is 6.64. The molecule has 1 N–H and O–H groups in total. The summed E-state index contributed by atoms with van der Waals surface area (Å²) in [5.74, 6) is -0.119. The summed E-state index contributed by atoms with van der Waals surface area (Å²) >= 11 is 0. The molecule has 1 amide bonds. The van der Waals surface area contributed by atoms with Crippen LogP contribution in [-0.4, -0.2) is 57.7 Å². The highest BCUT2D eigenvalue weighted by Crippen LogP contribution is 2.19. The van der Waals surface area contributed by atoms with Gasteiger partial charge < -0.3 is 10.1 Å².